The quantitative estimate of drug-likeness (QED) is 0.638. The second-order valence-corrected chi connectivity index (χ2v) is 6.09. The molecular formula is C21H29ClN2O3. The van der Waals surface area contributed by atoms with Gasteiger partial charge in [0.15, 0.2) is 11.5 Å². The number of carbonyl (C=O) groups excluding carboxylic acids is 1. The summed E-state index contributed by atoms with van der Waals surface area (Å²) in [4.78, 5) is 12.5. The molecular weight excluding hydrogens is 364 g/mol. The van der Waals surface area contributed by atoms with Gasteiger partial charge in [-0.2, -0.15) is 0 Å². The molecule has 3 N–H and O–H groups in total. The molecule has 0 bridgehead atoms. The Hall–Kier alpha value is -2.24. The topological polar surface area (TPSA) is 73.6 Å². The Morgan fingerprint density at radius 2 is 1.63 bits per heavy atom. The molecule has 5 nitrogen and oxygen atoms in total. The third-order valence-electron chi connectivity index (χ3n) is 3.84. The fraction of sp³-hybridized carbons (Fsp3) is 0.381. The van der Waals surface area contributed by atoms with Crippen LogP contribution in [0.25, 0.3) is 0 Å². The lowest BCUT2D eigenvalue weighted by Crippen LogP contribution is -2.31. The van der Waals surface area contributed by atoms with Crippen LogP contribution in [-0.4, -0.2) is 25.7 Å². The van der Waals surface area contributed by atoms with Crippen molar-refractivity contribution >= 4 is 18.3 Å². The highest BCUT2D eigenvalue weighted by Crippen LogP contribution is 2.29. The summed E-state index contributed by atoms with van der Waals surface area (Å²) < 4.78 is 11.4. The Bertz CT molecular complexity index is 695. The molecule has 2 aromatic carbocycles. The molecule has 0 fully saturated rings. The largest absolute Gasteiger partial charge is 0.490 e. The number of nitrogens with one attached hydrogen (secondary N) is 1. The molecule has 1 unspecified atom stereocenters. The van der Waals surface area contributed by atoms with Crippen LogP contribution in [0.2, 0.25) is 0 Å². The number of ether oxygens (including phenoxy) is 2. The van der Waals surface area contributed by atoms with E-state index < -0.39 is 0 Å². The summed E-state index contributed by atoms with van der Waals surface area (Å²) in [6, 6.07) is 14.7. The van der Waals surface area contributed by atoms with E-state index in [2.05, 4.69) is 5.32 Å². The number of benzene rings is 2. The average Bonchev–Trinajstić information content (AvgIpc) is 2.69. The predicted octanol–water partition coefficient (Wildman–Crippen LogP) is 4.12. The second kappa shape index (κ2) is 12.2. The van der Waals surface area contributed by atoms with Crippen LogP contribution in [0.4, 0.5) is 0 Å². The first-order chi connectivity index (χ1) is 12.7. The molecule has 27 heavy (non-hydrogen) atoms. The van der Waals surface area contributed by atoms with E-state index in [1.807, 2.05) is 44.2 Å². The molecule has 148 valence electrons. The lowest BCUT2D eigenvalue weighted by Gasteiger charge is -2.15. The smallest absolute Gasteiger partial charge is 0.251 e. The normalized spacial score (nSPS) is 11.2. The first-order valence-corrected chi connectivity index (χ1v) is 9.14. The maximum absolute atomic E-state index is 12.5. The zero-order chi connectivity index (χ0) is 18.8. The van der Waals surface area contributed by atoms with Gasteiger partial charge in [-0.3, -0.25) is 4.79 Å². The van der Waals surface area contributed by atoms with E-state index in [9.17, 15) is 4.79 Å². The number of rotatable bonds is 10. The molecule has 1 atom stereocenters. The summed E-state index contributed by atoms with van der Waals surface area (Å²) in [5.41, 5.74) is 7.65. The molecule has 1 amide bonds. The Morgan fingerprint density at radius 3 is 2.26 bits per heavy atom. The average molecular weight is 393 g/mol. The third kappa shape index (κ3) is 7.12. The van der Waals surface area contributed by atoms with E-state index >= 15 is 0 Å². The molecule has 0 aliphatic rings. The summed E-state index contributed by atoms with van der Waals surface area (Å²) in [5.74, 6) is 1.08. The number of hydrogen-bond donors (Lipinski definition) is 2. The van der Waals surface area contributed by atoms with Crippen LogP contribution < -0.4 is 20.5 Å². The molecule has 0 heterocycles. The number of carbonyl (C=O) groups is 1. The first kappa shape index (κ1) is 22.8. The van der Waals surface area contributed by atoms with Gasteiger partial charge in [-0.1, -0.05) is 44.2 Å². The molecule has 6 heteroatoms. The van der Waals surface area contributed by atoms with Gasteiger partial charge >= 0.3 is 0 Å². The van der Waals surface area contributed by atoms with Crippen LogP contribution in [-0.2, 0) is 0 Å². The molecule has 0 spiro atoms. The predicted molar refractivity (Wildman–Crippen MR) is 111 cm³/mol. The lowest BCUT2D eigenvalue weighted by atomic mass is 10.1. The summed E-state index contributed by atoms with van der Waals surface area (Å²) in [7, 11) is 0. The monoisotopic (exact) mass is 392 g/mol. The van der Waals surface area contributed by atoms with Gasteiger partial charge in [-0.05, 0) is 36.6 Å². The van der Waals surface area contributed by atoms with Crippen LogP contribution in [0.15, 0.2) is 48.5 Å². The fourth-order valence-electron chi connectivity index (χ4n) is 2.43. The first-order valence-electron chi connectivity index (χ1n) is 9.14. The van der Waals surface area contributed by atoms with Crippen LogP contribution >= 0.6 is 12.4 Å². The van der Waals surface area contributed by atoms with E-state index in [4.69, 9.17) is 15.2 Å². The standard InChI is InChI=1S/C21H28N2O3.ClH/c1-3-12-25-19-11-10-17(14-20(19)26-13-4-2)21(24)23-15-18(22)16-8-6-5-7-9-16;/h5-11,14,18H,3-4,12-13,15,22H2,1-2H3,(H,23,24);1H. The maximum atomic E-state index is 12.5. The van der Waals surface area contributed by atoms with Crippen molar-refractivity contribution in [3.63, 3.8) is 0 Å². The van der Waals surface area contributed by atoms with Gasteiger partial charge < -0.3 is 20.5 Å². The van der Waals surface area contributed by atoms with Gasteiger partial charge in [0.25, 0.3) is 5.91 Å². The zero-order valence-electron chi connectivity index (χ0n) is 15.9. The molecule has 0 aliphatic heterocycles. The van der Waals surface area contributed by atoms with Gasteiger partial charge in [0.1, 0.15) is 0 Å². The van der Waals surface area contributed by atoms with Crippen molar-refractivity contribution in [3.8, 4) is 11.5 Å². The summed E-state index contributed by atoms with van der Waals surface area (Å²) >= 11 is 0. The van der Waals surface area contributed by atoms with Crippen molar-refractivity contribution < 1.29 is 14.3 Å². The lowest BCUT2D eigenvalue weighted by molar-refractivity contribution is 0.0950. The van der Waals surface area contributed by atoms with Crippen molar-refractivity contribution in [1.29, 1.82) is 0 Å². The van der Waals surface area contributed by atoms with Crippen molar-refractivity contribution in [3.05, 3.63) is 59.7 Å². The summed E-state index contributed by atoms with van der Waals surface area (Å²) in [6.07, 6.45) is 1.79. The summed E-state index contributed by atoms with van der Waals surface area (Å²) in [6.45, 7) is 5.63. The van der Waals surface area contributed by atoms with Gasteiger partial charge in [0.2, 0.25) is 0 Å². The highest BCUT2D eigenvalue weighted by Gasteiger charge is 2.13. The van der Waals surface area contributed by atoms with E-state index in [1.165, 1.54) is 0 Å². The Labute approximate surface area is 167 Å². The van der Waals surface area contributed by atoms with Gasteiger partial charge in [-0.15, -0.1) is 12.4 Å². The SMILES string of the molecule is CCCOc1ccc(C(=O)NCC(N)c2ccccc2)cc1OCCC.Cl. The summed E-state index contributed by atoms with van der Waals surface area (Å²) in [5, 5.41) is 2.88. The van der Waals surface area contributed by atoms with Crippen molar-refractivity contribution in [1.82, 2.24) is 5.32 Å². The van der Waals surface area contributed by atoms with Gasteiger partial charge in [0, 0.05) is 18.2 Å². The van der Waals surface area contributed by atoms with Crippen molar-refractivity contribution in [2.75, 3.05) is 19.8 Å². The van der Waals surface area contributed by atoms with Crippen molar-refractivity contribution in [2.45, 2.75) is 32.7 Å². The number of amides is 1. The van der Waals surface area contributed by atoms with E-state index in [1.54, 1.807) is 18.2 Å². The minimum absolute atomic E-state index is 0. The maximum Gasteiger partial charge on any atom is 0.251 e. The number of nitrogens with two attached hydrogens (primary N) is 1. The van der Waals surface area contributed by atoms with Crippen LogP contribution in [0.3, 0.4) is 0 Å². The van der Waals surface area contributed by atoms with E-state index in [0.29, 0.717) is 36.8 Å². The molecule has 0 aliphatic carbocycles. The molecule has 2 rings (SSSR count). The molecule has 0 radical (unpaired) electrons. The molecule has 0 aromatic heterocycles. The van der Waals surface area contributed by atoms with Crippen molar-refractivity contribution in [2.24, 2.45) is 5.73 Å². The second-order valence-electron chi connectivity index (χ2n) is 6.09. The number of halogens is 1. The molecule has 2 aromatic rings. The Balaban J connectivity index is 0.00000364. The van der Waals surface area contributed by atoms with Crippen LogP contribution in [0, 0.1) is 0 Å². The Kier molecular flexibility index (Phi) is 10.3. The Morgan fingerprint density at radius 1 is 1.00 bits per heavy atom. The molecule has 0 saturated carbocycles. The van der Waals surface area contributed by atoms with Crippen LogP contribution in [0.5, 0.6) is 11.5 Å². The van der Waals surface area contributed by atoms with Gasteiger partial charge in [0.05, 0.1) is 13.2 Å². The van der Waals surface area contributed by atoms with E-state index in [-0.39, 0.29) is 24.4 Å². The third-order valence-corrected chi connectivity index (χ3v) is 3.84. The minimum Gasteiger partial charge on any atom is -0.490 e. The number of hydrogen-bond acceptors (Lipinski definition) is 4. The molecule has 0 saturated heterocycles. The fourth-order valence-corrected chi connectivity index (χ4v) is 2.43. The highest BCUT2D eigenvalue weighted by molar-refractivity contribution is 5.94. The zero-order valence-corrected chi connectivity index (χ0v) is 16.8. The highest BCUT2D eigenvalue weighted by atomic mass is 35.5. The van der Waals surface area contributed by atoms with Crippen LogP contribution in [0.1, 0.15) is 48.7 Å². The van der Waals surface area contributed by atoms with Gasteiger partial charge in [-0.25, -0.2) is 0 Å². The van der Waals surface area contributed by atoms with E-state index in [0.717, 1.165) is 18.4 Å². The minimum atomic E-state index is -0.247.